The van der Waals surface area contributed by atoms with Crippen molar-refractivity contribution in [2.24, 2.45) is 0 Å². The van der Waals surface area contributed by atoms with Crippen LogP contribution in [0, 0.1) is 0 Å². The first-order valence-corrected chi connectivity index (χ1v) is 9.15. The molecule has 1 fully saturated rings. The van der Waals surface area contributed by atoms with Gasteiger partial charge < -0.3 is 4.90 Å². The van der Waals surface area contributed by atoms with Crippen molar-refractivity contribution in [2.75, 3.05) is 6.54 Å². The van der Waals surface area contributed by atoms with E-state index in [0.29, 0.717) is 12.1 Å². The summed E-state index contributed by atoms with van der Waals surface area (Å²) in [5.74, 6) is 0.0861. The molecule has 1 aliphatic heterocycles. The normalized spacial score (nSPS) is 17.3. The van der Waals surface area contributed by atoms with E-state index in [1.165, 1.54) is 11.1 Å². The summed E-state index contributed by atoms with van der Waals surface area (Å²) in [6.45, 7) is 1.51. The second-order valence-corrected chi connectivity index (χ2v) is 6.91. The monoisotopic (exact) mass is 337 g/mol. The number of carbonyl (C=O) groups excluding carboxylic acids is 1. The lowest BCUT2D eigenvalue weighted by molar-refractivity contribution is 0.0736. The van der Waals surface area contributed by atoms with Gasteiger partial charge in [-0.05, 0) is 40.8 Å². The third-order valence-corrected chi connectivity index (χ3v) is 5.21. The van der Waals surface area contributed by atoms with Crippen LogP contribution in [-0.4, -0.2) is 27.1 Å². The van der Waals surface area contributed by atoms with E-state index < -0.39 is 0 Å². The molecule has 0 saturated carbocycles. The molecule has 24 heavy (non-hydrogen) atoms. The summed E-state index contributed by atoms with van der Waals surface area (Å²) in [6.07, 6.45) is 5.65. The molecule has 0 spiro atoms. The van der Waals surface area contributed by atoms with E-state index in [-0.39, 0.29) is 11.9 Å². The van der Waals surface area contributed by atoms with Crippen LogP contribution in [0.15, 0.2) is 59.6 Å². The Kier molecular flexibility index (Phi) is 4.17. The maximum Gasteiger partial charge on any atom is 0.257 e. The third-order valence-electron chi connectivity index (χ3n) is 4.51. The maximum absolute atomic E-state index is 12.9. The predicted octanol–water partition coefficient (Wildman–Crippen LogP) is 3.97. The topological polar surface area (TPSA) is 38.1 Å². The number of aromatic nitrogens is 2. The van der Waals surface area contributed by atoms with Crippen LogP contribution in [-0.2, 0) is 6.54 Å². The van der Waals surface area contributed by atoms with Gasteiger partial charge in [0, 0.05) is 12.7 Å². The molecule has 5 heteroatoms. The molecular formula is C19H19N3OS. The van der Waals surface area contributed by atoms with Crippen molar-refractivity contribution in [2.45, 2.75) is 25.4 Å². The number of carbonyl (C=O) groups is 1. The molecule has 4 rings (SSSR count). The first kappa shape index (κ1) is 15.1. The zero-order chi connectivity index (χ0) is 16.4. The Morgan fingerprint density at radius 3 is 2.92 bits per heavy atom. The van der Waals surface area contributed by atoms with E-state index in [2.05, 4.69) is 34.1 Å². The van der Waals surface area contributed by atoms with Gasteiger partial charge >= 0.3 is 0 Å². The average molecular weight is 337 g/mol. The van der Waals surface area contributed by atoms with Crippen molar-refractivity contribution in [1.82, 2.24) is 14.7 Å². The summed E-state index contributed by atoms with van der Waals surface area (Å²) in [6, 6.07) is 12.5. The minimum Gasteiger partial charge on any atom is -0.331 e. The molecule has 0 bridgehead atoms. The quantitative estimate of drug-likeness (QED) is 0.722. The molecule has 1 aliphatic rings. The number of rotatable bonds is 4. The number of likely N-dealkylation sites (tertiary alicyclic amines) is 1. The lowest BCUT2D eigenvalue weighted by Gasteiger charge is -2.23. The fourth-order valence-electron chi connectivity index (χ4n) is 3.32. The van der Waals surface area contributed by atoms with Gasteiger partial charge in [-0.15, -0.1) is 0 Å². The molecule has 1 amide bonds. The summed E-state index contributed by atoms with van der Waals surface area (Å²) >= 11 is 1.69. The molecule has 122 valence electrons. The van der Waals surface area contributed by atoms with Crippen LogP contribution in [0.1, 0.15) is 40.4 Å². The lowest BCUT2D eigenvalue weighted by Crippen LogP contribution is -2.30. The summed E-state index contributed by atoms with van der Waals surface area (Å²) < 4.78 is 1.83. The van der Waals surface area contributed by atoms with E-state index in [1.54, 1.807) is 17.5 Å². The Morgan fingerprint density at radius 1 is 1.25 bits per heavy atom. The highest BCUT2D eigenvalue weighted by Gasteiger charge is 2.31. The standard InChI is InChI=1S/C19H19N3OS/c23-19(22-9-4-7-18(22)16-8-10-24-14-16)17-11-20-21(13-17)12-15-5-2-1-3-6-15/h1-3,5-6,8,10-11,13-14,18H,4,7,9,12H2/t18-/m1/s1. The first-order valence-electron chi connectivity index (χ1n) is 8.21. The van der Waals surface area contributed by atoms with Gasteiger partial charge in [0.15, 0.2) is 0 Å². The molecule has 0 aliphatic carbocycles. The van der Waals surface area contributed by atoms with E-state index in [0.717, 1.165) is 19.4 Å². The summed E-state index contributed by atoms with van der Waals surface area (Å²) in [5.41, 5.74) is 3.10. The predicted molar refractivity (Wildman–Crippen MR) is 95.1 cm³/mol. The molecule has 0 unspecified atom stereocenters. The molecule has 1 saturated heterocycles. The molecule has 3 aromatic rings. The van der Waals surface area contributed by atoms with Crippen LogP contribution in [0.3, 0.4) is 0 Å². The van der Waals surface area contributed by atoms with Gasteiger partial charge in [-0.3, -0.25) is 9.48 Å². The molecule has 0 radical (unpaired) electrons. The number of hydrogen-bond acceptors (Lipinski definition) is 3. The van der Waals surface area contributed by atoms with Gasteiger partial charge in [-0.1, -0.05) is 30.3 Å². The molecular weight excluding hydrogens is 318 g/mol. The second kappa shape index (κ2) is 6.61. The van der Waals surface area contributed by atoms with Crippen LogP contribution < -0.4 is 0 Å². The Hall–Kier alpha value is -2.40. The van der Waals surface area contributed by atoms with Gasteiger partial charge in [0.2, 0.25) is 0 Å². The molecule has 1 atom stereocenters. The second-order valence-electron chi connectivity index (χ2n) is 6.13. The number of thiophene rings is 1. The fourth-order valence-corrected chi connectivity index (χ4v) is 4.02. The smallest absolute Gasteiger partial charge is 0.257 e. The molecule has 0 N–H and O–H groups in total. The van der Waals surface area contributed by atoms with Crippen LogP contribution >= 0.6 is 11.3 Å². The van der Waals surface area contributed by atoms with E-state index in [1.807, 2.05) is 34.0 Å². The summed E-state index contributed by atoms with van der Waals surface area (Å²) in [5, 5.41) is 8.59. The van der Waals surface area contributed by atoms with E-state index in [9.17, 15) is 4.79 Å². The van der Waals surface area contributed by atoms with Gasteiger partial charge in [-0.2, -0.15) is 16.4 Å². The van der Waals surface area contributed by atoms with E-state index >= 15 is 0 Å². The van der Waals surface area contributed by atoms with Crippen molar-refractivity contribution < 1.29 is 4.79 Å². The highest BCUT2D eigenvalue weighted by molar-refractivity contribution is 7.08. The zero-order valence-electron chi connectivity index (χ0n) is 13.3. The average Bonchev–Trinajstić information content (AvgIpc) is 3.35. The van der Waals surface area contributed by atoms with Crippen LogP contribution in [0.5, 0.6) is 0 Å². The van der Waals surface area contributed by atoms with Crippen LogP contribution in [0.25, 0.3) is 0 Å². The van der Waals surface area contributed by atoms with Crippen molar-refractivity contribution in [3.63, 3.8) is 0 Å². The van der Waals surface area contributed by atoms with Crippen LogP contribution in [0.2, 0.25) is 0 Å². The Bertz CT molecular complexity index is 810. The number of amides is 1. The number of nitrogens with zero attached hydrogens (tertiary/aromatic N) is 3. The van der Waals surface area contributed by atoms with Gasteiger partial charge in [-0.25, -0.2) is 0 Å². The summed E-state index contributed by atoms with van der Waals surface area (Å²) in [4.78, 5) is 14.9. The van der Waals surface area contributed by atoms with Crippen molar-refractivity contribution in [3.8, 4) is 0 Å². The van der Waals surface area contributed by atoms with Gasteiger partial charge in [0.05, 0.1) is 24.3 Å². The third kappa shape index (κ3) is 2.99. The molecule has 1 aromatic carbocycles. The first-order chi connectivity index (χ1) is 11.8. The highest BCUT2D eigenvalue weighted by atomic mass is 32.1. The minimum absolute atomic E-state index is 0.0861. The number of benzene rings is 1. The Labute approximate surface area is 145 Å². The van der Waals surface area contributed by atoms with Gasteiger partial charge in [0.25, 0.3) is 5.91 Å². The van der Waals surface area contributed by atoms with Crippen molar-refractivity contribution in [1.29, 1.82) is 0 Å². The molecule has 2 aromatic heterocycles. The van der Waals surface area contributed by atoms with Crippen molar-refractivity contribution in [3.05, 3.63) is 76.2 Å². The fraction of sp³-hybridized carbons (Fsp3) is 0.263. The minimum atomic E-state index is 0.0861. The zero-order valence-corrected chi connectivity index (χ0v) is 14.2. The maximum atomic E-state index is 12.9. The Balaban J connectivity index is 1.50. The molecule has 3 heterocycles. The summed E-state index contributed by atoms with van der Waals surface area (Å²) in [7, 11) is 0. The largest absolute Gasteiger partial charge is 0.331 e. The highest BCUT2D eigenvalue weighted by Crippen LogP contribution is 2.34. The Morgan fingerprint density at radius 2 is 2.12 bits per heavy atom. The SMILES string of the molecule is O=C(c1cnn(Cc2ccccc2)c1)N1CCC[C@@H]1c1ccsc1. The lowest BCUT2D eigenvalue weighted by atomic mass is 10.1. The van der Waals surface area contributed by atoms with Crippen molar-refractivity contribution >= 4 is 17.2 Å². The number of hydrogen-bond donors (Lipinski definition) is 0. The van der Waals surface area contributed by atoms with Crippen LogP contribution in [0.4, 0.5) is 0 Å². The molecule has 4 nitrogen and oxygen atoms in total. The van der Waals surface area contributed by atoms with E-state index in [4.69, 9.17) is 0 Å². The van der Waals surface area contributed by atoms with Gasteiger partial charge in [0.1, 0.15) is 0 Å².